The van der Waals surface area contributed by atoms with E-state index in [2.05, 4.69) is 266 Å². The molecule has 11 aromatic rings. The first kappa shape index (κ1) is 37.7. The number of anilines is 3. The molecule has 1 heteroatoms. The van der Waals surface area contributed by atoms with Crippen molar-refractivity contribution in [3.63, 3.8) is 0 Å². The van der Waals surface area contributed by atoms with Crippen LogP contribution >= 0.6 is 0 Å². The Balaban J connectivity index is 1.12. The summed E-state index contributed by atoms with van der Waals surface area (Å²) >= 11 is 0. The first-order valence-electron chi connectivity index (χ1n) is 21.7. The number of nitrogens with zero attached hydrogens (tertiary/aromatic N) is 1. The lowest BCUT2D eigenvalue weighted by Crippen LogP contribution is -2.14. The van der Waals surface area contributed by atoms with Crippen molar-refractivity contribution < 1.29 is 0 Å². The second kappa shape index (κ2) is 16.7. The van der Waals surface area contributed by atoms with E-state index in [0.717, 1.165) is 50.4 Å². The quantitative estimate of drug-likeness (QED) is 0.131. The number of hydrogen-bond acceptors (Lipinski definition) is 1. The van der Waals surface area contributed by atoms with Crippen molar-refractivity contribution in [3.05, 3.63) is 261 Å². The van der Waals surface area contributed by atoms with Gasteiger partial charge in [-0.2, -0.15) is 0 Å². The molecule has 11 aromatic carbocycles. The topological polar surface area (TPSA) is 3.24 Å². The van der Waals surface area contributed by atoms with Gasteiger partial charge in [0.1, 0.15) is 0 Å². The minimum atomic E-state index is 1.08. The summed E-state index contributed by atoms with van der Waals surface area (Å²) in [5.41, 5.74) is 17.6. The molecule has 63 heavy (non-hydrogen) atoms. The largest absolute Gasteiger partial charge is 0.309 e. The van der Waals surface area contributed by atoms with Crippen molar-refractivity contribution in [1.29, 1.82) is 0 Å². The summed E-state index contributed by atoms with van der Waals surface area (Å²) in [6.45, 7) is 0. The van der Waals surface area contributed by atoms with Crippen molar-refractivity contribution in [3.8, 4) is 66.8 Å². The Hall–Kier alpha value is -8.26. The fourth-order valence-electron chi connectivity index (χ4n) is 9.39. The van der Waals surface area contributed by atoms with Crippen LogP contribution in [-0.2, 0) is 0 Å². The van der Waals surface area contributed by atoms with E-state index in [9.17, 15) is 0 Å². The molecular formula is C62H43N. The summed E-state index contributed by atoms with van der Waals surface area (Å²) in [7, 11) is 0. The normalized spacial score (nSPS) is 11.2. The van der Waals surface area contributed by atoms with Crippen molar-refractivity contribution in [2.75, 3.05) is 4.90 Å². The van der Waals surface area contributed by atoms with E-state index >= 15 is 0 Å². The van der Waals surface area contributed by atoms with Crippen LogP contribution in [0.5, 0.6) is 0 Å². The molecule has 0 fully saturated rings. The smallest absolute Gasteiger partial charge is 0.0618 e. The maximum Gasteiger partial charge on any atom is 0.0618 e. The van der Waals surface area contributed by atoms with Crippen LogP contribution in [-0.4, -0.2) is 0 Å². The van der Waals surface area contributed by atoms with Crippen LogP contribution in [0, 0.1) is 0 Å². The molecule has 0 saturated heterocycles. The van der Waals surface area contributed by atoms with E-state index in [0.29, 0.717) is 0 Å². The zero-order chi connectivity index (χ0) is 42.0. The molecule has 0 saturated carbocycles. The zero-order valence-corrected chi connectivity index (χ0v) is 34.8. The molecule has 0 N–H and O–H groups in total. The molecule has 296 valence electrons. The Bertz CT molecular complexity index is 3280. The highest BCUT2D eigenvalue weighted by atomic mass is 15.1. The van der Waals surface area contributed by atoms with Crippen molar-refractivity contribution in [2.24, 2.45) is 0 Å². The molecule has 0 unspecified atom stereocenters. The van der Waals surface area contributed by atoms with Crippen LogP contribution in [0.2, 0.25) is 0 Å². The number of fused-ring (bicyclic) bond motifs is 3. The van der Waals surface area contributed by atoms with E-state index in [-0.39, 0.29) is 0 Å². The van der Waals surface area contributed by atoms with Crippen molar-refractivity contribution in [1.82, 2.24) is 0 Å². The van der Waals surface area contributed by atoms with Gasteiger partial charge in [0.05, 0.1) is 11.4 Å². The third kappa shape index (κ3) is 7.06. The first-order valence-corrected chi connectivity index (χ1v) is 21.7. The maximum absolute atomic E-state index is 2.47. The molecule has 0 heterocycles. The lowest BCUT2D eigenvalue weighted by molar-refractivity contribution is 1.28. The van der Waals surface area contributed by atoms with Gasteiger partial charge in [0.25, 0.3) is 0 Å². The Labute approximate surface area is 369 Å². The maximum atomic E-state index is 2.47. The molecule has 0 atom stereocenters. The zero-order valence-electron chi connectivity index (χ0n) is 34.8. The van der Waals surface area contributed by atoms with E-state index in [4.69, 9.17) is 0 Å². The van der Waals surface area contributed by atoms with Gasteiger partial charge in [-0.1, -0.05) is 237 Å². The van der Waals surface area contributed by atoms with Crippen molar-refractivity contribution >= 4 is 38.6 Å². The molecule has 0 aromatic heterocycles. The van der Waals surface area contributed by atoms with Crippen LogP contribution in [0.25, 0.3) is 88.3 Å². The number of rotatable bonds is 9. The number of benzene rings is 11. The van der Waals surface area contributed by atoms with Gasteiger partial charge in [-0.3, -0.25) is 0 Å². The minimum absolute atomic E-state index is 1.08. The van der Waals surface area contributed by atoms with Crippen LogP contribution in [0.3, 0.4) is 0 Å². The summed E-state index contributed by atoms with van der Waals surface area (Å²) in [5.74, 6) is 0. The summed E-state index contributed by atoms with van der Waals surface area (Å²) < 4.78 is 0. The van der Waals surface area contributed by atoms with Crippen LogP contribution in [0.4, 0.5) is 17.1 Å². The predicted octanol–water partition coefficient (Wildman–Crippen LogP) is 17.5. The third-order valence-electron chi connectivity index (χ3n) is 12.3. The number of hydrogen-bond donors (Lipinski definition) is 0. The Morgan fingerprint density at radius 2 is 0.619 bits per heavy atom. The average molecular weight is 802 g/mol. The number of para-hydroxylation sites is 2. The standard InChI is InChI=1S/C62H43N/c1-6-21-45(22-7-1)52-31-18-19-36-59(52)63(62-53(46-23-8-2-9-24-46)34-20-35-54(62)47-25-10-3-11-26-47)51-40-37-44(38-41-51)50-39-42-57-58(43-50)55-32-16-17-33-56(55)60(48-27-12-4-13-28-48)61(57)49-29-14-5-15-30-49/h1-43H. The molecule has 0 radical (unpaired) electrons. The molecule has 11 rings (SSSR count). The first-order chi connectivity index (χ1) is 31.3. The van der Waals surface area contributed by atoms with Gasteiger partial charge in [0.2, 0.25) is 0 Å². The van der Waals surface area contributed by atoms with Gasteiger partial charge in [0, 0.05) is 22.4 Å². The highest BCUT2D eigenvalue weighted by Crippen LogP contribution is 2.50. The molecular weight excluding hydrogens is 759 g/mol. The summed E-state index contributed by atoms with van der Waals surface area (Å²) in [6.07, 6.45) is 0. The Morgan fingerprint density at radius 1 is 0.222 bits per heavy atom. The Morgan fingerprint density at radius 3 is 1.16 bits per heavy atom. The lowest BCUT2D eigenvalue weighted by Gasteiger charge is -2.32. The summed E-state index contributed by atoms with van der Waals surface area (Å²) in [5, 5.41) is 4.99. The van der Waals surface area contributed by atoms with Gasteiger partial charge in [0.15, 0.2) is 0 Å². The van der Waals surface area contributed by atoms with Gasteiger partial charge in [-0.25, -0.2) is 0 Å². The minimum Gasteiger partial charge on any atom is -0.309 e. The second-order valence-corrected chi connectivity index (χ2v) is 16.0. The monoisotopic (exact) mass is 801 g/mol. The SMILES string of the molecule is c1ccc(-c2ccccc2N(c2ccc(-c3ccc4c(-c5ccccc5)c(-c5ccccc5)c5ccccc5c4c3)cc2)c2c(-c3ccccc3)cccc2-c2ccccc2)cc1. The van der Waals surface area contributed by atoms with Crippen LogP contribution < -0.4 is 4.90 Å². The van der Waals surface area contributed by atoms with E-state index in [1.54, 1.807) is 0 Å². The molecule has 0 amide bonds. The van der Waals surface area contributed by atoms with Gasteiger partial charge < -0.3 is 4.90 Å². The van der Waals surface area contributed by atoms with E-state index in [1.165, 1.54) is 54.9 Å². The van der Waals surface area contributed by atoms with Gasteiger partial charge in [-0.05, 0) is 95.9 Å². The Kier molecular flexibility index (Phi) is 9.97. The fourth-order valence-corrected chi connectivity index (χ4v) is 9.39. The molecule has 0 aliphatic rings. The van der Waals surface area contributed by atoms with Gasteiger partial charge >= 0.3 is 0 Å². The fraction of sp³-hybridized carbons (Fsp3) is 0. The van der Waals surface area contributed by atoms with Crippen molar-refractivity contribution in [2.45, 2.75) is 0 Å². The molecule has 1 nitrogen and oxygen atoms in total. The molecule has 0 spiro atoms. The summed E-state index contributed by atoms with van der Waals surface area (Å²) in [6, 6.07) is 94.6. The van der Waals surface area contributed by atoms with Gasteiger partial charge in [-0.15, -0.1) is 0 Å². The molecule has 0 bridgehead atoms. The van der Waals surface area contributed by atoms with Crippen LogP contribution in [0.1, 0.15) is 0 Å². The third-order valence-corrected chi connectivity index (χ3v) is 12.3. The average Bonchev–Trinajstić information content (AvgIpc) is 3.37. The molecule has 0 aliphatic heterocycles. The molecule has 0 aliphatic carbocycles. The highest BCUT2D eigenvalue weighted by molar-refractivity contribution is 6.22. The highest BCUT2D eigenvalue weighted by Gasteiger charge is 2.24. The van der Waals surface area contributed by atoms with E-state index < -0.39 is 0 Å². The van der Waals surface area contributed by atoms with E-state index in [1.807, 2.05) is 0 Å². The second-order valence-electron chi connectivity index (χ2n) is 16.0. The predicted molar refractivity (Wildman–Crippen MR) is 269 cm³/mol. The lowest BCUT2D eigenvalue weighted by atomic mass is 9.84. The van der Waals surface area contributed by atoms with Crippen LogP contribution in [0.15, 0.2) is 261 Å². The summed E-state index contributed by atoms with van der Waals surface area (Å²) in [4.78, 5) is 2.47.